The van der Waals surface area contributed by atoms with E-state index in [-0.39, 0.29) is 12.8 Å². The fourth-order valence-corrected chi connectivity index (χ4v) is 3.38. The van der Waals surface area contributed by atoms with Gasteiger partial charge < -0.3 is 26.0 Å². The van der Waals surface area contributed by atoms with Gasteiger partial charge in [-0.15, -0.1) is 0 Å². The van der Waals surface area contributed by atoms with Crippen molar-refractivity contribution in [3.63, 3.8) is 0 Å². The summed E-state index contributed by atoms with van der Waals surface area (Å²) in [5.74, 6) is -1.86. The van der Waals surface area contributed by atoms with Crippen molar-refractivity contribution < 1.29 is 23.9 Å². The van der Waals surface area contributed by atoms with Gasteiger partial charge in [-0.05, 0) is 50.8 Å². The molecule has 1 aromatic rings. The van der Waals surface area contributed by atoms with E-state index >= 15 is 0 Å². The zero-order chi connectivity index (χ0) is 27.3. The van der Waals surface area contributed by atoms with Crippen molar-refractivity contribution >= 4 is 29.9 Å². The summed E-state index contributed by atoms with van der Waals surface area (Å²) in [6.45, 7) is 10.7. The Bertz CT molecular complexity index is 980. The topological polar surface area (TPSA) is 155 Å². The number of nitriles is 1. The summed E-state index contributed by atoms with van der Waals surface area (Å²) >= 11 is 0. The Morgan fingerprint density at radius 3 is 2.53 bits per heavy atom. The van der Waals surface area contributed by atoms with Crippen molar-refractivity contribution in [2.45, 2.75) is 71.1 Å². The van der Waals surface area contributed by atoms with Crippen LogP contribution in [0.4, 0.5) is 4.79 Å². The van der Waals surface area contributed by atoms with Crippen LogP contribution in [0, 0.1) is 11.3 Å². The van der Waals surface area contributed by atoms with Crippen LogP contribution >= 0.6 is 0 Å². The number of carbonyl (C=O) groups excluding carboxylic acids is 4. The monoisotopic (exact) mass is 499 g/mol. The van der Waals surface area contributed by atoms with E-state index in [1.165, 1.54) is 0 Å². The number of rotatable bonds is 13. The Morgan fingerprint density at radius 1 is 1.28 bits per heavy atom. The highest BCUT2D eigenvalue weighted by Crippen LogP contribution is 2.24. The standard InChI is InChI=1S/C26H37N5O5/c1-6-8-15-29-23(33)22(19-11-9-10-18(7-2)17-19)31(16-14-27)24(34)20(12-13-21(28)32)30-25(35)36-26(3,4)5/h7,9-11,17,20,22H,2,6,8,12-13,15-16H2,1,3-5H3,(H2,28,32)(H,29,33)(H,30,35). The SMILES string of the molecule is C=Cc1cccc(C(C(=O)NCCCC)N(CC#N)C(=O)C(CCC(N)=O)NC(=O)OC(C)(C)C)c1. The molecule has 0 aliphatic heterocycles. The zero-order valence-corrected chi connectivity index (χ0v) is 21.5. The molecule has 0 bridgehead atoms. The molecule has 36 heavy (non-hydrogen) atoms. The summed E-state index contributed by atoms with van der Waals surface area (Å²) < 4.78 is 5.26. The quantitative estimate of drug-likeness (QED) is 0.280. The van der Waals surface area contributed by atoms with Gasteiger partial charge in [-0.3, -0.25) is 14.4 Å². The maximum absolute atomic E-state index is 13.7. The predicted molar refractivity (Wildman–Crippen MR) is 136 cm³/mol. The van der Waals surface area contributed by atoms with Crippen molar-refractivity contribution in [3.05, 3.63) is 42.0 Å². The van der Waals surface area contributed by atoms with Crippen LogP contribution in [-0.4, -0.2) is 53.4 Å². The molecule has 0 aliphatic rings. The van der Waals surface area contributed by atoms with E-state index < -0.39 is 48.0 Å². The molecule has 196 valence electrons. The van der Waals surface area contributed by atoms with Gasteiger partial charge in [0.25, 0.3) is 0 Å². The van der Waals surface area contributed by atoms with Crippen molar-refractivity contribution in [2.24, 2.45) is 5.73 Å². The van der Waals surface area contributed by atoms with E-state index in [2.05, 4.69) is 17.2 Å². The van der Waals surface area contributed by atoms with Gasteiger partial charge in [0.2, 0.25) is 17.7 Å². The van der Waals surface area contributed by atoms with Gasteiger partial charge >= 0.3 is 6.09 Å². The molecule has 0 spiro atoms. The predicted octanol–water partition coefficient (Wildman–Crippen LogP) is 2.80. The summed E-state index contributed by atoms with van der Waals surface area (Å²) in [4.78, 5) is 52.0. The molecule has 0 aliphatic carbocycles. The summed E-state index contributed by atoms with van der Waals surface area (Å²) in [7, 11) is 0. The molecule has 0 saturated carbocycles. The second-order valence-electron chi connectivity index (χ2n) is 9.25. The van der Waals surface area contributed by atoms with Gasteiger partial charge in [-0.25, -0.2) is 4.79 Å². The average Bonchev–Trinajstić information content (AvgIpc) is 2.80. The highest BCUT2D eigenvalue weighted by Gasteiger charge is 2.36. The molecule has 4 N–H and O–H groups in total. The van der Waals surface area contributed by atoms with E-state index in [1.807, 2.05) is 13.0 Å². The third kappa shape index (κ3) is 10.2. The van der Waals surface area contributed by atoms with Crippen molar-refractivity contribution in [2.75, 3.05) is 13.1 Å². The number of primary amides is 1. The van der Waals surface area contributed by atoms with Gasteiger partial charge in [-0.2, -0.15) is 5.26 Å². The molecule has 10 nitrogen and oxygen atoms in total. The molecule has 0 radical (unpaired) electrons. The Kier molecular flexibility index (Phi) is 12.2. The van der Waals surface area contributed by atoms with Crippen LogP contribution in [0.2, 0.25) is 0 Å². The minimum Gasteiger partial charge on any atom is -0.444 e. The number of amides is 4. The smallest absolute Gasteiger partial charge is 0.408 e. The fraction of sp³-hybridized carbons (Fsp3) is 0.500. The van der Waals surface area contributed by atoms with E-state index in [9.17, 15) is 24.4 Å². The number of ether oxygens (including phenoxy) is 1. The summed E-state index contributed by atoms with van der Waals surface area (Å²) in [6.07, 6.45) is 1.98. The van der Waals surface area contributed by atoms with E-state index in [4.69, 9.17) is 10.5 Å². The number of alkyl carbamates (subject to hydrolysis) is 1. The van der Waals surface area contributed by atoms with Crippen molar-refractivity contribution in [1.82, 2.24) is 15.5 Å². The first-order chi connectivity index (χ1) is 16.9. The number of benzene rings is 1. The number of nitrogens with one attached hydrogen (secondary N) is 2. The van der Waals surface area contributed by atoms with Gasteiger partial charge in [0.1, 0.15) is 24.2 Å². The lowest BCUT2D eigenvalue weighted by molar-refractivity contribution is -0.142. The molecule has 0 fully saturated rings. The van der Waals surface area contributed by atoms with Crippen molar-refractivity contribution in [3.8, 4) is 6.07 Å². The number of nitrogens with two attached hydrogens (primary N) is 1. The highest BCUT2D eigenvalue weighted by molar-refractivity contribution is 5.92. The molecular formula is C26H37N5O5. The third-order valence-corrected chi connectivity index (χ3v) is 5.04. The van der Waals surface area contributed by atoms with E-state index in [0.717, 1.165) is 23.3 Å². The second kappa shape index (κ2) is 14.5. The lowest BCUT2D eigenvalue weighted by Gasteiger charge is -2.33. The summed E-state index contributed by atoms with van der Waals surface area (Å²) in [5.41, 5.74) is 5.63. The number of nitrogens with zero attached hydrogens (tertiary/aromatic N) is 2. The molecule has 4 amide bonds. The first-order valence-corrected chi connectivity index (χ1v) is 11.9. The zero-order valence-electron chi connectivity index (χ0n) is 21.5. The van der Waals surface area contributed by atoms with Gasteiger partial charge in [0.15, 0.2) is 0 Å². The first-order valence-electron chi connectivity index (χ1n) is 11.9. The van der Waals surface area contributed by atoms with Gasteiger partial charge in [0, 0.05) is 13.0 Å². The maximum atomic E-state index is 13.7. The van der Waals surface area contributed by atoms with E-state index in [0.29, 0.717) is 12.1 Å². The van der Waals surface area contributed by atoms with Crippen LogP contribution in [-0.2, 0) is 19.1 Å². The summed E-state index contributed by atoms with van der Waals surface area (Å²) in [5, 5.41) is 14.8. The average molecular weight is 500 g/mol. The normalized spacial score (nSPS) is 12.4. The molecular weight excluding hydrogens is 462 g/mol. The fourth-order valence-electron chi connectivity index (χ4n) is 3.38. The maximum Gasteiger partial charge on any atom is 0.408 e. The summed E-state index contributed by atoms with van der Waals surface area (Å²) in [6, 6.07) is 6.40. The van der Waals surface area contributed by atoms with Crippen LogP contribution in [0.5, 0.6) is 0 Å². The molecule has 0 heterocycles. The van der Waals surface area contributed by atoms with Crippen LogP contribution in [0.1, 0.15) is 70.5 Å². The third-order valence-electron chi connectivity index (χ3n) is 5.04. The molecule has 10 heteroatoms. The molecule has 2 atom stereocenters. The lowest BCUT2D eigenvalue weighted by Crippen LogP contribution is -2.53. The van der Waals surface area contributed by atoms with Crippen LogP contribution in [0.15, 0.2) is 30.8 Å². The largest absolute Gasteiger partial charge is 0.444 e. The molecule has 0 aromatic heterocycles. The van der Waals surface area contributed by atoms with Crippen LogP contribution in [0.3, 0.4) is 0 Å². The van der Waals surface area contributed by atoms with Gasteiger partial charge in [-0.1, -0.05) is 44.2 Å². The molecule has 2 unspecified atom stereocenters. The molecule has 1 rings (SSSR count). The lowest BCUT2D eigenvalue weighted by atomic mass is 9.99. The van der Waals surface area contributed by atoms with Crippen LogP contribution < -0.4 is 16.4 Å². The Labute approximate surface area is 212 Å². The second-order valence-corrected chi connectivity index (χ2v) is 9.25. The van der Waals surface area contributed by atoms with Gasteiger partial charge in [0.05, 0.1) is 6.07 Å². The molecule has 1 aromatic carbocycles. The first kappa shape index (κ1) is 30.2. The number of carbonyl (C=O) groups is 4. The number of unbranched alkanes of at least 4 members (excludes halogenated alkanes) is 1. The van der Waals surface area contributed by atoms with Crippen LogP contribution in [0.25, 0.3) is 6.08 Å². The Balaban J connectivity index is 3.45. The number of hydrogen-bond acceptors (Lipinski definition) is 6. The Morgan fingerprint density at radius 2 is 1.97 bits per heavy atom. The van der Waals surface area contributed by atoms with Crippen molar-refractivity contribution in [1.29, 1.82) is 5.26 Å². The highest BCUT2D eigenvalue weighted by atomic mass is 16.6. The Hall–Kier alpha value is -3.87. The van der Waals surface area contributed by atoms with E-state index in [1.54, 1.807) is 51.1 Å². The number of hydrogen-bond donors (Lipinski definition) is 3. The minimum absolute atomic E-state index is 0.133. The minimum atomic E-state index is -1.26. The molecule has 0 saturated heterocycles.